The van der Waals surface area contributed by atoms with Crippen molar-refractivity contribution in [3.8, 4) is 0 Å². The lowest BCUT2D eigenvalue weighted by Gasteiger charge is -2.15. The highest BCUT2D eigenvalue weighted by atomic mass is 79.9. The molecule has 1 atom stereocenters. The Bertz CT molecular complexity index is 557. The molecule has 1 nitrogen and oxygen atoms in total. The fourth-order valence-electron chi connectivity index (χ4n) is 1.80. The van der Waals surface area contributed by atoms with Crippen LogP contribution in [-0.4, -0.2) is 0 Å². The van der Waals surface area contributed by atoms with Crippen LogP contribution in [0.15, 0.2) is 46.9 Å². The molecule has 2 aromatic rings. The molecule has 0 aromatic heterocycles. The maximum atomic E-state index is 13.0. The second-order valence-corrected chi connectivity index (χ2v) is 5.68. The third-order valence-electron chi connectivity index (χ3n) is 2.98. The minimum absolute atomic E-state index is 0.203. The van der Waals surface area contributed by atoms with Gasteiger partial charge in [-0.15, -0.1) is 0 Å². The summed E-state index contributed by atoms with van der Waals surface area (Å²) in [4.78, 5) is 0. The molecule has 0 aliphatic heterocycles. The van der Waals surface area contributed by atoms with Crippen LogP contribution in [0.3, 0.4) is 0 Å². The van der Waals surface area contributed by atoms with Gasteiger partial charge in [-0.2, -0.15) is 0 Å². The molecule has 0 heterocycles. The van der Waals surface area contributed by atoms with E-state index in [0.29, 0.717) is 6.54 Å². The largest absolute Gasteiger partial charge is 0.306 e. The molecule has 0 amide bonds. The smallest absolute Gasteiger partial charge is 0.124 e. The maximum Gasteiger partial charge on any atom is 0.124 e. The first-order valence-corrected chi connectivity index (χ1v) is 7.16. The molecule has 0 bridgehead atoms. The average Bonchev–Trinajstić information content (AvgIpc) is 2.38. The van der Waals surface area contributed by atoms with E-state index >= 15 is 0 Å². The minimum atomic E-state index is -0.235. The second kappa shape index (κ2) is 6.51. The zero-order valence-electron chi connectivity index (χ0n) is 10.5. The molecule has 100 valence electrons. The van der Waals surface area contributed by atoms with E-state index in [9.17, 15) is 4.39 Å². The van der Waals surface area contributed by atoms with E-state index in [4.69, 9.17) is 11.6 Å². The van der Waals surface area contributed by atoms with Crippen molar-refractivity contribution in [2.45, 2.75) is 19.5 Å². The molecule has 0 radical (unpaired) electrons. The Balaban J connectivity index is 2.00. The van der Waals surface area contributed by atoms with Crippen LogP contribution >= 0.6 is 27.5 Å². The Morgan fingerprint density at radius 1 is 1.21 bits per heavy atom. The molecule has 2 aromatic carbocycles. The number of hydrogen-bond acceptors (Lipinski definition) is 1. The van der Waals surface area contributed by atoms with Crippen LogP contribution in [0.2, 0.25) is 5.02 Å². The van der Waals surface area contributed by atoms with E-state index < -0.39 is 0 Å². The van der Waals surface area contributed by atoms with Crippen LogP contribution in [-0.2, 0) is 6.54 Å². The minimum Gasteiger partial charge on any atom is -0.306 e. The van der Waals surface area contributed by atoms with E-state index in [1.165, 1.54) is 17.7 Å². The van der Waals surface area contributed by atoms with Gasteiger partial charge >= 0.3 is 0 Å². The van der Waals surface area contributed by atoms with Crippen LogP contribution in [0.4, 0.5) is 4.39 Å². The van der Waals surface area contributed by atoms with Crippen molar-refractivity contribution in [2.24, 2.45) is 0 Å². The Morgan fingerprint density at radius 2 is 1.89 bits per heavy atom. The van der Waals surface area contributed by atoms with E-state index in [2.05, 4.69) is 28.2 Å². The van der Waals surface area contributed by atoms with Gasteiger partial charge in [-0.3, -0.25) is 0 Å². The highest BCUT2D eigenvalue weighted by Crippen LogP contribution is 2.20. The summed E-state index contributed by atoms with van der Waals surface area (Å²) in [7, 11) is 0. The predicted octanol–water partition coefficient (Wildman–Crippen LogP) is 5.09. The van der Waals surface area contributed by atoms with Crippen molar-refractivity contribution < 1.29 is 4.39 Å². The highest BCUT2D eigenvalue weighted by molar-refractivity contribution is 9.10. The Kier molecular flexibility index (Phi) is 4.97. The Morgan fingerprint density at radius 3 is 2.53 bits per heavy atom. The van der Waals surface area contributed by atoms with Gasteiger partial charge in [-0.25, -0.2) is 4.39 Å². The number of halogens is 3. The molecular weight excluding hydrogens is 329 g/mol. The fraction of sp³-hybridized carbons (Fsp3) is 0.200. The van der Waals surface area contributed by atoms with E-state index in [1.54, 1.807) is 6.07 Å². The predicted molar refractivity (Wildman–Crippen MR) is 80.8 cm³/mol. The van der Waals surface area contributed by atoms with Crippen LogP contribution in [0, 0.1) is 5.82 Å². The molecule has 19 heavy (non-hydrogen) atoms. The van der Waals surface area contributed by atoms with Gasteiger partial charge in [-0.1, -0.05) is 45.7 Å². The van der Waals surface area contributed by atoms with Crippen molar-refractivity contribution >= 4 is 27.5 Å². The number of rotatable bonds is 4. The van der Waals surface area contributed by atoms with Gasteiger partial charge in [0.2, 0.25) is 0 Å². The summed E-state index contributed by atoms with van der Waals surface area (Å²) >= 11 is 9.23. The summed E-state index contributed by atoms with van der Waals surface area (Å²) in [5.41, 5.74) is 2.20. The number of hydrogen-bond donors (Lipinski definition) is 1. The SMILES string of the molecule is C[C@@H](NCc1ccc(F)cc1Br)c1ccc(Cl)cc1. The number of benzene rings is 2. The third-order valence-corrected chi connectivity index (χ3v) is 3.97. The van der Waals surface area contributed by atoms with Crippen molar-refractivity contribution in [3.05, 3.63) is 68.9 Å². The molecule has 0 fully saturated rings. The van der Waals surface area contributed by atoms with Gasteiger partial charge in [0, 0.05) is 22.1 Å². The molecule has 2 rings (SSSR count). The van der Waals surface area contributed by atoms with Gasteiger partial charge in [0.05, 0.1) is 0 Å². The maximum absolute atomic E-state index is 13.0. The lowest BCUT2D eigenvalue weighted by Crippen LogP contribution is -2.18. The summed E-state index contributed by atoms with van der Waals surface area (Å²) in [5.74, 6) is -0.235. The molecule has 0 spiro atoms. The summed E-state index contributed by atoms with van der Waals surface area (Å²) in [6.45, 7) is 2.76. The van der Waals surface area contributed by atoms with Gasteiger partial charge in [-0.05, 0) is 42.3 Å². The Labute approximate surface area is 125 Å². The first kappa shape index (κ1) is 14.5. The number of nitrogens with one attached hydrogen (secondary N) is 1. The van der Waals surface area contributed by atoms with Crippen molar-refractivity contribution in [1.82, 2.24) is 5.32 Å². The Hall–Kier alpha value is -0.900. The molecule has 0 unspecified atom stereocenters. The first-order chi connectivity index (χ1) is 9.06. The van der Waals surface area contributed by atoms with Gasteiger partial charge in [0.15, 0.2) is 0 Å². The van der Waals surface area contributed by atoms with Crippen LogP contribution in [0.25, 0.3) is 0 Å². The molecule has 1 N–H and O–H groups in total. The fourth-order valence-corrected chi connectivity index (χ4v) is 2.41. The molecule has 0 saturated carbocycles. The van der Waals surface area contributed by atoms with Crippen LogP contribution in [0.5, 0.6) is 0 Å². The van der Waals surface area contributed by atoms with E-state index in [0.717, 1.165) is 15.1 Å². The summed E-state index contributed by atoms with van der Waals surface area (Å²) in [6, 6.07) is 12.7. The standard InChI is InChI=1S/C15H14BrClFN/c1-10(11-2-5-13(17)6-3-11)19-9-12-4-7-14(18)8-15(12)16/h2-8,10,19H,9H2,1H3/t10-/m1/s1. The lowest BCUT2D eigenvalue weighted by molar-refractivity contribution is 0.571. The van der Waals surface area contributed by atoms with Crippen molar-refractivity contribution in [1.29, 1.82) is 0 Å². The first-order valence-electron chi connectivity index (χ1n) is 5.99. The van der Waals surface area contributed by atoms with Crippen LogP contribution < -0.4 is 5.32 Å². The highest BCUT2D eigenvalue weighted by Gasteiger charge is 2.06. The zero-order valence-corrected chi connectivity index (χ0v) is 12.8. The average molecular weight is 343 g/mol. The normalized spacial score (nSPS) is 12.4. The van der Waals surface area contributed by atoms with Crippen molar-refractivity contribution in [2.75, 3.05) is 0 Å². The second-order valence-electron chi connectivity index (χ2n) is 4.39. The zero-order chi connectivity index (χ0) is 13.8. The summed E-state index contributed by atoms with van der Waals surface area (Å²) in [5, 5.41) is 4.13. The van der Waals surface area contributed by atoms with Crippen LogP contribution in [0.1, 0.15) is 24.1 Å². The van der Waals surface area contributed by atoms with Gasteiger partial charge in [0.25, 0.3) is 0 Å². The third kappa shape index (κ3) is 4.03. The van der Waals surface area contributed by atoms with Crippen molar-refractivity contribution in [3.63, 3.8) is 0 Å². The molecule has 0 aliphatic carbocycles. The molecular formula is C15H14BrClFN. The topological polar surface area (TPSA) is 12.0 Å². The summed E-state index contributed by atoms with van der Waals surface area (Å²) < 4.78 is 13.8. The quantitative estimate of drug-likeness (QED) is 0.816. The lowest BCUT2D eigenvalue weighted by atomic mass is 10.1. The van der Waals surface area contributed by atoms with Gasteiger partial charge < -0.3 is 5.32 Å². The summed E-state index contributed by atoms with van der Waals surface area (Å²) in [6.07, 6.45) is 0. The molecule has 0 aliphatic rings. The van der Waals surface area contributed by atoms with Gasteiger partial charge in [0.1, 0.15) is 5.82 Å². The van der Waals surface area contributed by atoms with E-state index in [1.807, 2.05) is 24.3 Å². The molecule has 0 saturated heterocycles. The monoisotopic (exact) mass is 341 g/mol. The molecule has 4 heteroatoms. The van der Waals surface area contributed by atoms with E-state index in [-0.39, 0.29) is 11.9 Å².